The quantitative estimate of drug-likeness (QED) is 0.471. The topological polar surface area (TPSA) is 111 Å². The summed E-state index contributed by atoms with van der Waals surface area (Å²) in [6.07, 6.45) is 2.74. The van der Waals surface area contributed by atoms with Crippen molar-refractivity contribution >= 4 is 26.8 Å². The molecule has 1 aliphatic carbocycles. The third kappa shape index (κ3) is 2.97. The van der Waals surface area contributed by atoms with Crippen LogP contribution < -0.4 is 10.1 Å². The van der Waals surface area contributed by atoms with Crippen LogP contribution >= 0.6 is 0 Å². The van der Waals surface area contributed by atoms with Crippen molar-refractivity contribution < 1.29 is 17.4 Å². The molecule has 0 spiro atoms. The summed E-state index contributed by atoms with van der Waals surface area (Å²) in [4.78, 5) is 16.8. The van der Waals surface area contributed by atoms with Crippen LogP contribution in [-0.2, 0) is 23.0 Å². The predicted octanol–water partition coefficient (Wildman–Crippen LogP) is 2.65. The summed E-state index contributed by atoms with van der Waals surface area (Å²) >= 11 is 0. The van der Waals surface area contributed by atoms with E-state index in [0.29, 0.717) is 41.8 Å². The molecule has 0 N–H and O–H groups in total. The lowest BCUT2D eigenvalue weighted by atomic mass is 10.2. The van der Waals surface area contributed by atoms with Crippen LogP contribution in [0.1, 0.15) is 36.0 Å². The van der Waals surface area contributed by atoms with Gasteiger partial charge in [0.1, 0.15) is 0 Å². The van der Waals surface area contributed by atoms with Crippen molar-refractivity contribution in [2.24, 2.45) is 0 Å². The van der Waals surface area contributed by atoms with Gasteiger partial charge in [-0.15, -0.1) is 0 Å². The Bertz CT molecular complexity index is 1480. The molecule has 2 aromatic carbocycles. The highest BCUT2D eigenvalue weighted by Crippen LogP contribution is 2.39. The number of oxazole rings is 1. The zero-order valence-corrected chi connectivity index (χ0v) is 17.2. The molecule has 0 atom stereocenters. The Morgan fingerprint density at radius 1 is 1.13 bits per heavy atom. The van der Waals surface area contributed by atoms with E-state index in [0.717, 1.165) is 18.4 Å². The number of sulfonamides is 1. The number of hydrogen-bond acceptors (Lipinski definition) is 7. The van der Waals surface area contributed by atoms with E-state index in [9.17, 15) is 13.2 Å². The van der Waals surface area contributed by atoms with E-state index < -0.39 is 15.8 Å². The van der Waals surface area contributed by atoms with Gasteiger partial charge in [0, 0.05) is 18.5 Å². The molecule has 1 fully saturated rings. The maximum atomic E-state index is 13.3. The van der Waals surface area contributed by atoms with Crippen LogP contribution in [0, 0.1) is 0 Å². The van der Waals surface area contributed by atoms with E-state index in [1.165, 1.54) is 21.0 Å². The van der Waals surface area contributed by atoms with E-state index in [-0.39, 0.29) is 17.0 Å². The molecule has 31 heavy (non-hydrogen) atoms. The predicted molar refractivity (Wildman–Crippen MR) is 111 cm³/mol. The fraction of sp³-hybridized carbons (Fsp3) is 0.286. The Labute approximate surface area is 176 Å². The first-order valence-electron chi connectivity index (χ1n) is 10.1. The van der Waals surface area contributed by atoms with Gasteiger partial charge in [-0.25, -0.2) is 13.2 Å². The molecule has 0 bridgehead atoms. The van der Waals surface area contributed by atoms with Gasteiger partial charge >= 0.3 is 5.76 Å². The van der Waals surface area contributed by atoms with Crippen molar-refractivity contribution in [1.29, 1.82) is 0 Å². The van der Waals surface area contributed by atoms with Crippen LogP contribution in [0.4, 0.5) is 5.69 Å². The average Bonchev–Trinajstić information content (AvgIpc) is 3.21. The number of aromatic nitrogens is 3. The Morgan fingerprint density at radius 3 is 2.81 bits per heavy atom. The maximum absolute atomic E-state index is 13.3. The molecule has 158 valence electrons. The van der Waals surface area contributed by atoms with Crippen LogP contribution in [0.3, 0.4) is 0 Å². The minimum absolute atomic E-state index is 0.0770. The fourth-order valence-electron chi connectivity index (χ4n) is 4.01. The molecule has 3 heterocycles. The van der Waals surface area contributed by atoms with Gasteiger partial charge in [0.2, 0.25) is 5.89 Å². The summed E-state index contributed by atoms with van der Waals surface area (Å²) in [5, 5.41) is 3.94. The van der Waals surface area contributed by atoms with Crippen LogP contribution in [0.15, 0.2) is 61.1 Å². The van der Waals surface area contributed by atoms with Crippen LogP contribution in [-0.4, -0.2) is 29.7 Å². The second-order valence-electron chi connectivity index (χ2n) is 7.86. The Balaban J connectivity index is 1.35. The second kappa shape index (κ2) is 6.55. The lowest BCUT2D eigenvalue weighted by Gasteiger charge is -2.19. The third-order valence-electron chi connectivity index (χ3n) is 5.78. The van der Waals surface area contributed by atoms with Gasteiger partial charge in [0.05, 0.1) is 22.6 Å². The number of para-hydroxylation sites is 1. The second-order valence-corrected chi connectivity index (χ2v) is 9.72. The Morgan fingerprint density at radius 2 is 1.97 bits per heavy atom. The van der Waals surface area contributed by atoms with Crippen LogP contribution in [0.5, 0.6) is 0 Å². The maximum Gasteiger partial charge on any atom is 0.420 e. The monoisotopic (exact) mass is 438 g/mol. The van der Waals surface area contributed by atoms with Gasteiger partial charge in [-0.3, -0.25) is 8.87 Å². The highest BCUT2D eigenvalue weighted by atomic mass is 32.2. The fourth-order valence-corrected chi connectivity index (χ4v) is 5.53. The number of nitrogens with zero attached hydrogens (tertiary/aromatic N) is 4. The van der Waals surface area contributed by atoms with Crippen molar-refractivity contribution in [1.82, 2.24) is 14.7 Å². The van der Waals surface area contributed by atoms with Crippen molar-refractivity contribution in [3.8, 4) is 0 Å². The van der Waals surface area contributed by atoms with E-state index in [1.807, 2.05) is 18.2 Å². The molecule has 9 nitrogen and oxygen atoms in total. The molecular weight excluding hydrogens is 420 g/mol. The summed E-state index contributed by atoms with van der Waals surface area (Å²) in [6, 6.07) is 11.9. The molecule has 1 aliphatic heterocycles. The van der Waals surface area contributed by atoms with E-state index in [1.54, 1.807) is 12.1 Å². The van der Waals surface area contributed by atoms with Crippen molar-refractivity contribution in [3.63, 3.8) is 0 Å². The van der Waals surface area contributed by atoms with E-state index in [4.69, 9.17) is 8.94 Å². The first-order valence-corrected chi connectivity index (χ1v) is 11.5. The zero-order chi connectivity index (χ0) is 21.2. The minimum Gasteiger partial charge on any atom is -0.408 e. The van der Waals surface area contributed by atoms with Crippen molar-refractivity contribution in [2.75, 3.05) is 10.8 Å². The van der Waals surface area contributed by atoms with E-state index >= 15 is 0 Å². The Hall–Kier alpha value is -3.40. The third-order valence-corrected chi connectivity index (χ3v) is 7.59. The normalized spacial score (nSPS) is 16.2. The number of anilines is 1. The summed E-state index contributed by atoms with van der Waals surface area (Å²) < 4.78 is 39.9. The van der Waals surface area contributed by atoms with Gasteiger partial charge < -0.3 is 8.94 Å². The van der Waals surface area contributed by atoms with Gasteiger partial charge in [0.15, 0.2) is 11.4 Å². The van der Waals surface area contributed by atoms with Gasteiger partial charge in [-0.2, -0.15) is 4.98 Å². The molecule has 4 aromatic rings. The SMILES string of the molecule is O=c1oc2cc(S(=O)(=O)N3CCc4ccccc43)ccc2n1Cc1noc(C2CC2)n1. The molecule has 10 heteroatoms. The Kier molecular flexibility index (Phi) is 3.88. The van der Waals surface area contributed by atoms with Crippen LogP contribution in [0.2, 0.25) is 0 Å². The molecule has 0 saturated heterocycles. The van der Waals surface area contributed by atoms with Gasteiger partial charge in [-0.05, 0) is 43.0 Å². The van der Waals surface area contributed by atoms with Crippen molar-refractivity contribution in [3.05, 3.63) is 70.3 Å². The zero-order valence-electron chi connectivity index (χ0n) is 16.4. The summed E-state index contributed by atoms with van der Waals surface area (Å²) in [5.41, 5.74) is 2.36. The first kappa shape index (κ1) is 18.4. The first-order chi connectivity index (χ1) is 15.0. The molecule has 1 saturated carbocycles. The largest absolute Gasteiger partial charge is 0.420 e. The lowest BCUT2D eigenvalue weighted by Crippen LogP contribution is -2.29. The summed E-state index contributed by atoms with van der Waals surface area (Å²) in [7, 11) is -3.78. The summed E-state index contributed by atoms with van der Waals surface area (Å²) in [5.74, 6) is 0.698. The van der Waals surface area contributed by atoms with Gasteiger partial charge in [0.25, 0.3) is 10.0 Å². The highest BCUT2D eigenvalue weighted by molar-refractivity contribution is 7.92. The van der Waals surface area contributed by atoms with Gasteiger partial charge in [-0.1, -0.05) is 23.4 Å². The number of fused-ring (bicyclic) bond motifs is 2. The molecule has 2 aliphatic rings. The molecule has 0 radical (unpaired) electrons. The molecular formula is C21H18N4O5S. The number of benzene rings is 2. The smallest absolute Gasteiger partial charge is 0.408 e. The highest BCUT2D eigenvalue weighted by Gasteiger charge is 2.32. The van der Waals surface area contributed by atoms with Crippen molar-refractivity contribution in [2.45, 2.75) is 36.6 Å². The number of rotatable bonds is 5. The van der Waals surface area contributed by atoms with E-state index in [2.05, 4.69) is 10.1 Å². The molecule has 6 rings (SSSR count). The minimum atomic E-state index is -3.78. The molecule has 0 amide bonds. The average molecular weight is 438 g/mol. The van der Waals surface area contributed by atoms with Crippen LogP contribution in [0.25, 0.3) is 11.1 Å². The molecule has 2 aromatic heterocycles. The number of hydrogen-bond donors (Lipinski definition) is 0. The lowest BCUT2D eigenvalue weighted by molar-refractivity contribution is 0.372. The standard InChI is InChI=1S/C21H18N4O5S/c26-21-24(12-19-22-20(30-23-19)14-5-6-14)17-8-7-15(11-18(17)29-21)31(27,28)25-10-9-13-3-1-2-4-16(13)25/h1-4,7-8,11,14H,5-6,9-10,12H2. The summed E-state index contributed by atoms with van der Waals surface area (Å²) in [6.45, 7) is 0.472. The molecule has 0 unspecified atom stereocenters.